The first-order valence-corrected chi connectivity index (χ1v) is 5.13. The van der Waals surface area contributed by atoms with Crippen LogP contribution >= 0.6 is 11.6 Å². The van der Waals surface area contributed by atoms with Gasteiger partial charge in [0.1, 0.15) is 5.75 Å². The minimum absolute atomic E-state index is 0.389. The van der Waals surface area contributed by atoms with Gasteiger partial charge in [-0.3, -0.25) is 0 Å². The van der Waals surface area contributed by atoms with Gasteiger partial charge in [0, 0.05) is 17.2 Å². The molecule has 0 atom stereocenters. The molecule has 1 rings (SSSR count). The van der Waals surface area contributed by atoms with E-state index in [1.165, 1.54) is 0 Å². The van der Waals surface area contributed by atoms with E-state index in [-0.39, 0.29) is 0 Å². The lowest BCUT2D eigenvalue weighted by Gasteiger charge is -1.95. The van der Waals surface area contributed by atoms with Gasteiger partial charge in [0.2, 0.25) is 0 Å². The zero-order chi connectivity index (χ0) is 13.3. The molecule has 5 heteroatoms. The van der Waals surface area contributed by atoms with Crippen molar-refractivity contribution in [3.8, 4) is 5.75 Å². The molecule has 0 radical (unpaired) electrons. The van der Waals surface area contributed by atoms with Crippen molar-refractivity contribution in [3.63, 3.8) is 0 Å². The molecule has 0 unspecified atom stereocenters. The van der Waals surface area contributed by atoms with E-state index in [9.17, 15) is 9.59 Å². The predicted molar refractivity (Wildman–Crippen MR) is 65.4 cm³/mol. The first kappa shape index (κ1) is 15.2. The van der Waals surface area contributed by atoms with Gasteiger partial charge in [-0.05, 0) is 26.0 Å². The van der Waals surface area contributed by atoms with E-state index in [0.29, 0.717) is 11.3 Å². The fourth-order valence-corrected chi connectivity index (χ4v) is 0.794. The maximum absolute atomic E-state index is 10.2. The summed E-state index contributed by atoms with van der Waals surface area (Å²) in [5.74, 6) is -0.384. The summed E-state index contributed by atoms with van der Waals surface area (Å²) in [4.78, 5) is 20.0. The number of para-hydroxylation sites is 1. The zero-order valence-electron chi connectivity index (χ0n) is 9.51. The highest BCUT2D eigenvalue weighted by atomic mass is 35.5. The van der Waals surface area contributed by atoms with Gasteiger partial charge in [-0.15, -0.1) is 0 Å². The van der Waals surface area contributed by atoms with Crippen LogP contribution in [0.5, 0.6) is 5.75 Å². The van der Waals surface area contributed by atoms with Crippen LogP contribution in [-0.4, -0.2) is 16.5 Å². The number of benzene rings is 1. The second-order valence-corrected chi connectivity index (χ2v) is 3.24. The van der Waals surface area contributed by atoms with Gasteiger partial charge >= 0.3 is 11.4 Å². The molecule has 0 aliphatic rings. The Balaban J connectivity index is 0.000000325. The smallest absolute Gasteiger partial charge is 0.409 e. The summed E-state index contributed by atoms with van der Waals surface area (Å²) in [6.07, 6.45) is 1.56. The largest absolute Gasteiger partial charge is 0.478 e. The summed E-state index contributed by atoms with van der Waals surface area (Å²) < 4.78 is 4.54. The van der Waals surface area contributed by atoms with Gasteiger partial charge in [-0.2, -0.15) is 0 Å². The Labute approximate surface area is 104 Å². The Morgan fingerprint density at radius 1 is 1.29 bits per heavy atom. The van der Waals surface area contributed by atoms with Crippen LogP contribution in [0.25, 0.3) is 0 Å². The van der Waals surface area contributed by atoms with Crippen molar-refractivity contribution in [2.24, 2.45) is 0 Å². The zero-order valence-corrected chi connectivity index (χ0v) is 10.3. The fraction of sp³-hybridized carbons (Fsp3) is 0.167. The van der Waals surface area contributed by atoms with E-state index in [2.05, 4.69) is 4.74 Å². The first-order chi connectivity index (χ1) is 7.97. The highest BCUT2D eigenvalue weighted by molar-refractivity contribution is 6.61. The van der Waals surface area contributed by atoms with Crippen molar-refractivity contribution in [2.45, 2.75) is 13.8 Å². The molecule has 0 heterocycles. The van der Waals surface area contributed by atoms with Crippen LogP contribution in [0.3, 0.4) is 0 Å². The van der Waals surface area contributed by atoms with Gasteiger partial charge in [0.05, 0.1) is 0 Å². The molecule has 0 aliphatic heterocycles. The number of allylic oxidation sites excluding steroid dienone is 1. The molecule has 0 amide bonds. The number of aliphatic carboxylic acids is 1. The maximum atomic E-state index is 10.2. The summed E-state index contributed by atoms with van der Waals surface area (Å²) in [5.41, 5.74) is -0.425. The van der Waals surface area contributed by atoms with E-state index in [1.54, 1.807) is 44.2 Å². The lowest BCUT2D eigenvalue weighted by molar-refractivity contribution is -0.132. The first-order valence-electron chi connectivity index (χ1n) is 4.76. The molecule has 17 heavy (non-hydrogen) atoms. The average Bonchev–Trinajstić information content (AvgIpc) is 2.29. The number of carboxylic acid groups (broad SMARTS) is 1. The van der Waals surface area contributed by atoms with Gasteiger partial charge in [0.15, 0.2) is 0 Å². The van der Waals surface area contributed by atoms with Crippen molar-refractivity contribution in [1.82, 2.24) is 0 Å². The van der Waals surface area contributed by atoms with Crippen LogP contribution in [0.15, 0.2) is 42.0 Å². The summed E-state index contributed by atoms with van der Waals surface area (Å²) in [6.45, 7) is 3.26. The van der Waals surface area contributed by atoms with Crippen LogP contribution in [-0.2, 0) is 4.79 Å². The number of carbonyl (C=O) groups excluding carboxylic acids is 1. The van der Waals surface area contributed by atoms with E-state index in [0.717, 1.165) is 0 Å². The molecule has 0 aliphatic carbocycles. The lowest BCUT2D eigenvalue weighted by atomic mass is 10.3. The second kappa shape index (κ2) is 8.35. The molecular formula is C12H13ClO4. The summed E-state index contributed by atoms with van der Waals surface area (Å²) in [7, 11) is 0. The Hall–Kier alpha value is -1.81. The minimum Gasteiger partial charge on any atom is -0.478 e. The van der Waals surface area contributed by atoms with Crippen LogP contribution in [0, 0.1) is 0 Å². The van der Waals surface area contributed by atoms with Crippen LogP contribution in [0.4, 0.5) is 4.79 Å². The molecular weight excluding hydrogens is 244 g/mol. The Morgan fingerprint density at radius 3 is 2.12 bits per heavy atom. The third kappa shape index (κ3) is 8.04. The third-order valence-corrected chi connectivity index (χ3v) is 1.79. The highest BCUT2D eigenvalue weighted by Crippen LogP contribution is 2.09. The molecule has 1 aromatic rings. The molecule has 0 aromatic heterocycles. The number of carboxylic acids is 1. The van der Waals surface area contributed by atoms with Crippen molar-refractivity contribution >= 4 is 23.0 Å². The van der Waals surface area contributed by atoms with Crippen LogP contribution in [0.2, 0.25) is 0 Å². The maximum Gasteiger partial charge on any atom is 0.409 e. The molecule has 0 saturated heterocycles. The van der Waals surface area contributed by atoms with Gasteiger partial charge < -0.3 is 9.84 Å². The number of halogens is 1. The number of ether oxygens (including phenoxy) is 1. The molecule has 0 bridgehead atoms. The summed E-state index contributed by atoms with van der Waals surface area (Å²) in [5, 5.41) is 8.11. The fourth-order valence-electron chi connectivity index (χ4n) is 0.705. The predicted octanol–water partition coefficient (Wildman–Crippen LogP) is 3.46. The molecule has 4 nitrogen and oxygen atoms in total. The van der Waals surface area contributed by atoms with Crippen molar-refractivity contribution < 1.29 is 19.4 Å². The third-order valence-electron chi connectivity index (χ3n) is 1.71. The van der Waals surface area contributed by atoms with E-state index < -0.39 is 11.4 Å². The lowest BCUT2D eigenvalue weighted by Crippen LogP contribution is -1.94. The summed E-state index contributed by atoms with van der Waals surface area (Å²) >= 11 is 4.95. The Kier molecular flexibility index (Phi) is 7.46. The van der Waals surface area contributed by atoms with E-state index >= 15 is 0 Å². The van der Waals surface area contributed by atoms with Gasteiger partial charge in [-0.25, -0.2) is 9.59 Å². The molecule has 1 N–H and O–H groups in total. The summed E-state index contributed by atoms with van der Waals surface area (Å²) in [6, 6.07) is 8.65. The molecule has 0 saturated carbocycles. The Bertz CT molecular complexity index is 398. The SMILES string of the molecule is C/C=C(\C)C(=O)O.O=C(Cl)Oc1ccccc1. The molecule has 1 aromatic carbocycles. The van der Waals surface area contributed by atoms with E-state index in [1.807, 2.05) is 6.07 Å². The van der Waals surface area contributed by atoms with E-state index in [4.69, 9.17) is 16.7 Å². The van der Waals surface area contributed by atoms with Crippen molar-refractivity contribution in [2.75, 3.05) is 0 Å². The normalized spacial score (nSPS) is 9.94. The van der Waals surface area contributed by atoms with Gasteiger partial charge in [-0.1, -0.05) is 24.3 Å². The van der Waals surface area contributed by atoms with Gasteiger partial charge in [0.25, 0.3) is 0 Å². The van der Waals surface area contributed by atoms with Crippen molar-refractivity contribution in [1.29, 1.82) is 0 Å². The highest BCUT2D eigenvalue weighted by Gasteiger charge is 1.95. The quantitative estimate of drug-likeness (QED) is 0.650. The van der Waals surface area contributed by atoms with Crippen molar-refractivity contribution in [3.05, 3.63) is 42.0 Å². The number of carbonyl (C=O) groups is 2. The molecule has 0 spiro atoms. The minimum atomic E-state index is -0.845. The average molecular weight is 257 g/mol. The standard InChI is InChI=1S/C7H5ClO2.C5H8O2/c8-7(9)10-6-4-2-1-3-5-6;1-3-4(2)5(6)7/h1-5H;3H,1-2H3,(H,6,7)/b;4-3+. The number of hydrogen-bond donors (Lipinski definition) is 1. The van der Waals surface area contributed by atoms with Crippen LogP contribution < -0.4 is 4.74 Å². The Morgan fingerprint density at radius 2 is 1.82 bits per heavy atom. The second-order valence-electron chi connectivity index (χ2n) is 2.93. The molecule has 92 valence electrons. The monoisotopic (exact) mass is 256 g/mol. The molecule has 0 fully saturated rings. The van der Waals surface area contributed by atoms with Crippen LogP contribution in [0.1, 0.15) is 13.8 Å². The number of hydrogen-bond acceptors (Lipinski definition) is 3. The number of rotatable bonds is 2. The topological polar surface area (TPSA) is 63.6 Å².